The van der Waals surface area contributed by atoms with Crippen LogP contribution in [0.4, 0.5) is 0 Å². The Hall–Kier alpha value is -2.51. The van der Waals surface area contributed by atoms with Gasteiger partial charge in [0.25, 0.3) is 0 Å². The summed E-state index contributed by atoms with van der Waals surface area (Å²) in [5.74, 6) is 0.691. The largest absolute Gasteiger partial charge is 0.493 e. The summed E-state index contributed by atoms with van der Waals surface area (Å²) in [6.07, 6.45) is 1.55. The highest BCUT2D eigenvalue weighted by atomic mass is 35.5. The van der Waals surface area contributed by atoms with E-state index in [1.165, 1.54) is 0 Å². The number of halogens is 1. The number of benzene rings is 2. The summed E-state index contributed by atoms with van der Waals surface area (Å²) in [5, 5.41) is 13.5. The predicted molar refractivity (Wildman–Crippen MR) is 86.2 cm³/mol. The molecule has 0 atom stereocenters. The molecule has 22 heavy (non-hydrogen) atoms. The highest BCUT2D eigenvalue weighted by Crippen LogP contribution is 2.21. The van der Waals surface area contributed by atoms with E-state index in [1.54, 1.807) is 30.5 Å². The lowest BCUT2D eigenvalue weighted by Crippen LogP contribution is -1.97. The molecule has 0 aliphatic rings. The van der Waals surface area contributed by atoms with Crippen LogP contribution < -0.4 is 4.74 Å². The van der Waals surface area contributed by atoms with E-state index in [9.17, 15) is 0 Å². The Labute approximate surface area is 134 Å². The lowest BCUT2D eigenvalue weighted by Gasteiger charge is -2.07. The minimum Gasteiger partial charge on any atom is -0.493 e. The molecule has 0 unspecified atom stereocenters. The molecule has 0 amide bonds. The number of rotatable bonds is 6. The first kappa shape index (κ1) is 15.9. The highest BCUT2D eigenvalue weighted by Gasteiger charge is 2.03. The third kappa shape index (κ3) is 4.24. The number of nitrogens with zero attached hydrogens (tertiary/aromatic N) is 2. The molecule has 0 N–H and O–H groups in total. The minimum absolute atomic E-state index is 0.227. The van der Waals surface area contributed by atoms with Crippen LogP contribution >= 0.6 is 11.6 Å². The van der Waals surface area contributed by atoms with Gasteiger partial charge in [-0.1, -0.05) is 35.0 Å². The number of ether oxygens (including phenoxy) is 1. The van der Waals surface area contributed by atoms with Gasteiger partial charge >= 0.3 is 0 Å². The van der Waals surface area contributed by atoms with Gasteiger partial charge in [0.2, 0.25) is 0 Å². The standard InChI is InChI=1S/C17H15ClN2O2/c1-2-21-17-8-7-16(18)9-15(17)11-20-22-12-14-6-4-3-5-13(14)10-19/h3-9,11H,2,12H2,1H3/b20-11+. The van der Waals surface area contributed by atoms with Crippen molar-refractivity contribution in [2.75, 3.05) is 6.61 Å². The van der Waals surface area contributed by atoms with Crippen molar-refractivity contribution in [3.63, 3.8) is 0 Å². The predicted octanol–water partition coefficient (Wildman–Crippen LogP) is 4.16. The fraction of sp³-hybridized carbons (Fsp3) is 0.176. The van der Waals surface area contributed by atoms with E-state index in [0.29, 0.717) is 22.9 Å². The van der Waals surface area contributed by atoms with Gasteiger partial charge in [-0.15, -0.1) is 0 Å². The molecule has 0 radical (unpaired) electrons. The molecular weight excluding hydrogens is 300 g/mol. The summed E-state index contributed by atoms with van der Waals surface area (Å²) < 4.78 is 5.50. The fourth-order valence-corrected chi connectivity index (χ4v) is 2.04. The molecule has 0 aromatic heterocycles. The Balaban J connectivity index is 2.04. The first-order valence-corrected chi connectivity index (χ1v) is 7.18. The Morgan fingerprint density at radius 3 is 2.86 bits per heavy atom. The molecule has 0 heterocycles. The van der Waals surface area contributed by atoms with Crippen LogP contribution in [0.25, 0.3) is 0 Å². The summed E-state index contributed by atoms with van der Waals surface area (Å²) in [4.78, 5) is 5.26. The average Bonchev–Trinajstić information content (AvgIpc) is 2.54. The van der Waals surface area contributed by atoms with Crippen LogP contribution in [-0.2, 0) is 11.4 Å². The van der Waals surface area contributed by atoms with Crippen molar-refractivity contribution >= 4 is 17.8 Å². The molecule has 0 saturated heterocycles. The molecule has 4 nitrogen and oxygen atoms in total. The maximum atomic E-state index is 9.00. The average molecular weight is 315 g/mol. The maximum absolute atomic E-state index is 9.00. The van der Waals surface area contributed by atoms with Gasteiger partial charge in [-0.25, -0.2) is 0 Å². The van der Waals surface area contributed by atoms with Crippen molar-refractivity contribution in [2.24, 2.45) is 5.16 Å². The number of oxime groups is 1. The van der Waals surface area contributed by atoms with Crippen LogP contribution in [0.1, 0.15) is 23.6 Å². The normalized spacial score (nSPS) is 10.4. The third-order valence-electron chi connectivity index (χ3n) is 2.90. The summed E-state index contributed by atoms with van der Waals surface area (Å²) >= 11 is 5.97. The van der Waals surface area contributed by atoms with Gasteiger partial charge in [0, 0.05) is 16.1 Å². The van der Waals surface area contributed by atoms with Crippen LogP contribution in [0.2, 0.25) is 5.02 Å². The lowest BCUT2D eigenvalue weighted by molar-refractivity contribution is 0.132. The third-order valence-corrected chi connectivity index (χ3v) is 3.13. The van der Waals surface area contributed by atoms with Crippen LogP contribution in [0.5, 0.6) is 5.75 Å². The SMILES string of the molecule is CCOc1ccc(Cl)cc1/C=N/OCc1ccccc1C#N. The van der Waals surface area contributed by atoms with Gasteiger partial charge in [-0.2, -0.15) is 5.26 Å². The molecule has 2 rings (SSSR count). The van der Waals surface area contributed by atoms with Crippen molar-refractivity contribution in [3.8, 4) is 11.8 Å². The fourth-order valence-electron chi connectivity index (χ4n) is 1.86. The molecule has 2 aromatic rings. The molecule has 0 fully saturated rings. The second kappa shape index (κ2) is 8.06. The van der Waals surface area contributed by atoms with Crippen LogP contribution in [-0.4, -0.2) is 12.8 Å². The first-order chi connectivity index (χ1) is 10.7. The van der Waals surface area contributed by atoms with Gasteiger partial charge in [-0.3, -0.25) is 0 Å². The zero-order valence-electron chi connectivity index (χ0n) is 12.1. The molecule has 0 spiro atoms. The van der Waals surface area contributed by atoms with Crippen LogP contribution in [0.15, 0.2) is 47.6 Å². The number of hydrogen-bond donors (Lipinski definition) is 0. The topological polar surface area (TPSA) is 54.6 Å². The van der Waals surface area contributed by atoms with Crippen molar-refractivity contribution in [2.45, 2.75) is 13.5 Å². The molecule has 0 aliphatic carbocycles. The van der Waals surface area contributed by atoms with E-state index in [0.717, 1.165) is 11.1 Å². The molecule has 112 valence electrons. The van der Waals surface area contributed by atoms with Gasteiger partial charge < -0.3 is 9.57 Å². The highest BCUT2D eigenvalue weighted by molar-refractivity contribution is 6.30. The molecule has 5 heteroatoms. The number of hydrogen-bond acceptors (Lipinski definition) is 4. The molecular formula is C17H15ClN2O2. The summed E-state index contributed by atoms with van der Waals surface area (Å²) in [7, 11) is 0. The van der Waals surface area contributed by atoms with Crippen molar-refractivity contribution in [1.82, 2.24) is 0 Å². The Bertz CT molecular complexity index is 708. The molecule has 0 saturated carbocycles. The molecule has 2 aromatic carbocycles. The first-order valence-electron chi connectivity index (χ1n) is 6.80. The smallest absolute Gasteiger partial charge is 0.143 e. The van der Waals surface area contributed by atoms with Gasteiger partial charge in [-0.05, 0) is 31.2 Å². The zero-order valence-corrected chi connectivity index (χ0v) is 12.9. The van der Waals surface area contributed by atoms with Gasteiger partial charge in [0.05, 0.1) is 24.5 Å². The van der Waals surface area contributed by atoms with Crippen molar-refractivity contribution in [3.05, 3.63) is 64.2 Å². The van der Waals surface area contributed by atoms with Gasteiger partial charge in [0.15, 0.2) is 0 Å². The Kier molecular flexibility index (Phi) is 5.81. The number of nitriles is 1. The van der Waals surface area contributed by atoms with Crippen LogP contribution in [0.3, 0.4) is 0 Å². The Morgan fingerprint density at radius 1 is 1.27 bits per heavy atom. The second-order valence-corrected chi connectivity index (χ2v) is 4.83. The van der Waals surface area contributed by atoms with E-state index in [4.69, 9.17) is 26.4 Å². The van der Waals surface area contributed by atoms with E-state index in [1.807, 2.05) is 25.1 Å². The summed E-state index contributed by atoms with van der Waals surface area (Å²) in [6.45, 7) is 2.69. The van der Waals surface area contributed by atoms with Crippen LogP contribution in [0, 0.1) is 11.3 Å². The second-order valence-electron chi connectivity index (χ2n) is 4.39. The monoisotopic (exact) mass is 314 g/mol. The van der Waals surface area contributed by atoms with E-state index in [-0.39, 0.29) is 6.61 Å². The lowest BCUT2D eigenvalue weighted by atomic mass is 10.1. The summed E-state index contributed by atoms with van der Waals surface area (Å²) in [5.41, 5.74) is 2.11. The maximum Gasteiger partial charge on any atom is 0.143 e. The van der Waals surface area contributed by atoms with E-state index < -0.39 is 0 Å². The summed E-state index contributed by atoms with van der Waals surface area (Å²) in [6, 6.07) is 14.7. The van der Waals surface area contributed by atoms with Crippen molar-refractivity contribution < 1.29 is 9.57 Å². The quantitative estimate of drug-likeness (QED) is 0.594. The zero-order chi connectivity index (χ0) is 15.8. The van der Waals surface area contributed by atoms with Crippen molar-refractivity contribution in [1.29, 1.82) is 5.26 Å². The molecule has 0 bridgehead atoms. The van der Waals surface area contributed by atoms with E-state index >= 15 is 0 Å². The molecule has 0 aliphatic heterocycles. The Morgan fingerprint density at radius 2 is 2.09 bits per heavy atom. The van der Waals surface area contributed by atoms with Gasteiger partial charge in [0.1, 0.15) is 12.4 Å². The van der Waals surface area contributed by atoms with E-state index in [2.05, 4.69) is 11.2 Å². The minimum atomic E-state index is 0.227.